The number of hydrogen-bond acceptors (Lipinski definition) is 6. The van der Waals surface area contributed by atoms with E-state index in [0.717, 1.165) is 25.0 Å². The lowest BCUT2D eigenvalue weighted by Crippen LogP contribution is -2.22. The molecule has 0 saturated carbocycles. The second-order valence-electron chi connectivity index (χ2n) is 5.33. The highest BCUT2D eigenvalue weighted by atomic mass is 35.5. The van der Waals surface area contributed by atoms with Crippen LogP contribution in [0.1, 0.15) is 18.4 Å². The summed E-state index contributed by atoms with van der Waals surface area (Å²) < 4.78 is 5.57. The van der Waals surface area contributed by atoms with Crippen molar-refractivity contribution in [3.05, 3.63) is 44.3 Å². The van der Waals surface area contributed by atoms with Crippen LogP contribution in [0.3, 0.4) is 0 Å². The zero-order valence-corrected chi connectivity index (χ0v) is 15.0. The lowest BCUT2D eigenvalue weighted by Gasteiger charge is -2.13. The summed E-state index contributed by atoms with van der Waals surface area (Å²) in [6.45, 7) is 1.39. The monoisotopic (exact) mass is 386 g/mol. The van der Waals surface area contributed by atoms with Crippen LogP contribution in [0.2, 0.25) is 10.0 Å². The molecule has 0 bridgehead atoms. The fraction of sp³-hybridized carbons (Fsp3) is 0.400. The van der Waals surface area contributed by atoms with Crippen molar-refractivity contribution < 1.29 is 4.74 Å². The molecule has 1 saturated heterocycles. The Balaban J connectivity index is 1.68. The van der Waals surface area contributed by atoms with Crippen molar-refractivity contribution in [2.45, 2.75) is 29.7 Å². The van der Waals surface area contributed by atoms with Crippen LogP contribution in [0.5, 0.6) is 0 Å². The van der Waals surface area contributed by atoms with Crippen molar-refractivity contribution in [1.82, 2.24) is 15.2 Å². The number of anilines is 1. The van der Waals surface area contributed by atoms with Gasteiger partial charge in [-0.05, 0) is 30.5 Å². The molecular weight excluding hydrogens is 371 g/mol. The molecule has 2 heterocycles. The first kappa shape index (κ1) is 17.5. The van der Waals surface area contributed by atoms with Crippen molar-refractivity contribution in [3.8, 4) is 0 Å². The summed E-state index contributed by atoms with van der Waals surface area (Å²) in [4.78, 5) is 15.4. The minimum absolute atomic E-state index is 0.148. The van der Waals surface area contributed by atoms with Gasteiger partial charge in [-0.1, -0.05) is 41.0 Å². The maximum Gasteiger partial charge on any atom is 0.363 e. The van der Waals surface area contributed by atoms with Crippen LogP contribution in [0, 0.1) is 0 Å². The van der Waals surface area contributed by atoms with Crippen LogP contribution >= 0.6 is 35.0 Å². The molecule has 128 valence electrons. The average molecular weight is 387 g/mol. The predicted molar refractivity (Wildman–Crippen MR) is 96.1 cm³/mol. The molecule has 9 heteroatoms. The van der Waals surface area contributed by atoms with Crippen LogP contribution in [0.25, 0.3) is 0 Å². The molecule has 1 aromatic carbocycles. The van der Waals surface area contributed by atoms with E-state index in [1.54, 1.807) is 12.1 Å². The number of benzene rings is 1. The lowest BCUT2D eigenvalue weighted by atomic mass is 10.2. The van der Waals surface area contributed by atoms with Crippen LogP contribution in [0.4, 0.5) is 5.82 Å². The van der Waals surface area contributed by atoms with E-state index in [9.17, 15) is 4.79 Å². The molecule has 0 spiro atoms. The highest BCUT2D eigenvalue weighted by molar-refractivity contribution is 7.98. The summed E-state index contributed by atoms with van der Waals surface area (Å²) in [5.41, 5.74) is 0.447. The molecule has 1 fully saturated rings. The standard InChI is InChI=1S/C15H16Cl2N4O2S/c16-10-4-3-9(12(17)6-10)8-24-14-13(19-15(22)21-20-14)18-7-11-2-1-5-23-11/h3-4,6,11H,1-2,5,7-8H2,(H2,18,19,21,22)/t11-/m0/s1. The third kappa shape index (κ3) is 4.63. The first-order valence-corrected chi connectivity index (χ1v) is 9.25. The Kier molecular flexibility index (Phi) is 5.99. The van der Waals surface area contributed by atoms with Crippen molar-refractivity contribution in [3.63, 3.8) is 0 Å². The first-order chi connectivity index (χ1) is 11.6. The number of nitrogens with zero attached hydrogens (tertiary/aromatic N) is 2. The number of halogens is 2. The highest BCUT2D eigenvalue weighted by Gasteiger charge is 2.17. The largest absolute Gasteiger partial charge is 0.376 e. The number of thioether (sulfide) groups is 1. The molecule has 0 aliphatic carbocycles. The number of aromatic amines is 1. The van der Waals surface area contributed by atoms with Gasteiger partial charge in [0.1, 0.15) is 0 Å². The quantitative estimate of drug-likeness (QED) is 0.740. The Labute approximate surface area is 153 Å². The highest BCUT2D eigenvalue weighted by Crippen LogP contribution is 2.30. The van der Waals surface area contributed by atoms with E-state index >= 15 is 0 Å². The van der Waals surface area contributed by atoms with E-state index in [1.165, 1.54) is 11.8 Å². The topological polar surface area (TPSA) is 79.9 Å². The lowest BCUT2D eigenvalue weighted by molar-refractivity contribution is 0.120. The summed E-state index contributed by atoms with van der Waals surface area (Å²) in [6.07, 6.45) is 2.21. The van der Waals surface area contributed by atoms with Gasteiger partial charge in [0.2, 0.25) is 0 Å². The number of aromatic nitrogens is 3. The van der Waals surface area contributed by atoms with Crippen LogP contribution in [0.15, 0.2) is 28.0 Å². The Morgan fingerprint density at radius 2 is 2.29 bits per heavy atom. The van der Waals surface area contributed by atoms with E-state index in [-0.39, 0.29) is 6.10 Å². The van der Waals surface area contributed by atoms with Gasteiger partial charge in [0.25, 0.3) is 0 Å². The molecule has 0 amide bonds. The van der Waals surface area contributed by atoms with E-state index < -0.39 is 5.69 Å². The maximum atomic E-state index is 11.5. The molecule has 3 rings (SSSR count). The van der Waals surface area contributed by atoms with Gasteiger partial charge in [0.15, 0.2) is 10.8 Å². The van der Waals surface area contributed by atoms with Gasteiger partial charge in [0, 0.05) is 28.9 Å². The van der Waals surface area contributed by atoms with Gasteiger partial charge in [-0.25, -0.2) is 9.89 Å². The van der Waals surface area contributed by atoms with Crippen LogP contribution in [-0.2, 0) is 10.5 Å². The molecule has 1 atom stereocenters. The fourth-order valence-electron chi connectivity index (χ4n) is 2.34. The number of H-pyrrole nitrogens is 1. The fourth-order valence-corrected chi connectivity index (χ4v) is 3.81. The van der Waals surface area contributed by atoms with Crippen molar-refractivity contribution in [1.29, 1.82) is 0 Å². The zero-order valence-electron chi connectivity index (χ0n) is 12.7. The molecule has 6 nitrogen and oxygen atoms in total. The third-order valence-electron chi connectivity index (χ3n) is 3.57. The third-order valence-corrected chi connectivity index (χ3v) is 5.17. The summed E-state index contributed by atoms with van der Waals surface area (Å²) in [5, 5.41) is 11.4. The van der Waals surface area contributed by atoms with E-state index in [4.69, 9.17) is 27.9 Å². The molecule has 1 aromatic heterocycles. The van der Waals surface area contributed by atoms with Crippen molar-refractivity contribution >= 4 is 40.8 Å². The Hall–Kier alpha value is -1.28. The molecule has 24 heavy (non-hydrogen) atoms. The minimum Gasteiger partial charge on any atom is -0.376 e. The zero-order chi connectivity index (χ0) is 16.9. The number of rotatable bonds is 6. The van der Waals surface area contributed by atoms with Gasteiger partial charge in [0.05, 0.1) is 6.10 Å². The van der Waals surface area contributed by atoms with Gasteiger partial charge in [-0.3, -0.25) is 0 Å². The maximum absolute atomic E-state index is 11.5. The van der Waals surface area contributed by atoms with Gasteiger partial charge in [-0.15, -0.1) is 0 Å². The molecule has 0 radical (unpaired) electrons. The van der Waals surface area contributed by atoms with E-state index in [2.05, 4.69) is 20.5 Å². The van der Waals surface area contributed by atoms with Crippen molar-refractivity contribution in [2.75, 3.05) is 18.5 Å². The molecular formula is C15H16Cl2N4O2S. The SMILES string of the molecule is O=c1nc(NC[C@@H]2CCCO2)c(SCc2ccc(Cl)cc2Cl)n[nH]1. The first-order valence-electron chi connectivity index (χ1n) is 7.51. The Morgan fingerprint density at radius 3 is 3.04 bits per heavy atom. The van der Waals surface area contributed by atoms with E-state index in [0.29, 0.717) is 33.2 Å². The molecule has 2 aromatic rings. The molecule has 2 N–H and O–H groups in total. The van der Waals surface area contributed by atoms with Crippen LogP contribution in [-0.4, -0.2) is 34.4 Å². The summed E-state index contributed by atoms with van der Waals surface area (Å²) >= 11 is 13.5. The summed E-state index contributed by atoms with van der Waals surface area (Å²) in [7, 11) is 0. The Bertz CT molecular complexity index is 765. The molecule has 0 unspecified atom stereocenters. The van der Waals surface area contributed by atoms with E-state index in [1.807, 2.05) is 6.07 Å². The van der Waals surface area contributed by atoms with Crippen molar-refractivity contribution in [2.24, 2.45) is 0 Å². The minimum atomic E-state index is -0.487. The van der Waals surface area contributed by atoms with Gasteiger partial charge < -0.3 is 10.1 Å². The Morgan fingerprint density at radius 1 is 1.42 bits per heavy atom. The number of nitrogens with one attached hydrogen (secondary N) is 2. The molecule has 1 aliphatic rings. The van der Waals surface area contributed by atoms with Crippen LogP contribution < -0.4 is 11.0 Å². The second kappa shape index (κ2) is 8.20. The van der Waals surface area contributed by atoms with Gasteiger partial charge in [-0.2, -0.15) is 10.1 Å². The predicted octanol–water partition coefficient (Wildman–Crippen LogP) is 3.35. The molecule has 1 aliphatic heterocycles. The second-order valence-corrected chi connectivity index (χ2v) is 7.14. The summed E-state index contributed by atoms with van der Waals surface area (Å²) in [5.74, 6) is 1.05. The van der Waals surface area contributed by atoms with Gasteiger partial charge >= 0.3 is 5.69 Å². The number of ether oxygens (including phenoxy) is 1. The summed E-state index contributed by atoms with van der Waals surface area (Å²) in [6, 6.07) is 5.36. The number of hydrogen-bond donors (Lipinski definition) is 2. The smallest absolute Gasteiger partial charge is 0.363 e. The average Bonchev–Trinajstić information content (AvgIpc) is 3.07. The normalized spacial score (nSPS) is 17.2.